The third-order valence-corrected chi connectivity index (χ3v) is 10.1. The molecule has 1 aliphatic carbocycles. The predicted molar refractivity (Wildman–Crippen MR) is 164 cm³/mol. The van der Waals surface area contributed by atoms with Gasteiger partial charge in [-0.3, -0.25) is 13.9 Å². The number of hydrogen-bond donors (Lipinski definition) is 1. The van der Waals surface area contributed by atoms with Crippen molar-refractivity contribution < 1.29 is 18.0 Å². The van der Waals surface area contributed by atoms with E-state index in [-0.39, 0.29) is 29.1 Å². The molecule has 1 aliphatic rings. The number of carbonyl (C=O) groups is 2. The van der Waals surface area contributed by atoms with Crippen LogP contribution >= 0.6 is 23.2 Å². The predicted octanol–water partition coefficient (Wildman–Crippen LogP) is 6.28. The molecule has 0 heterocycles. The highest BCUT2D eigenvalue weighted by Gasteiger charge is 2.33. The molecule has 0 radical (unpaired) electrons. The Balaban J connectivity index is 1.71. The molecule has 1 unspecified atom stereocenters. The third-order valence-electron chi connectivity index (χ3n) is 7.50. The standard InChI is InChI=1S/C31H35Cl2N3O4S/c1-21-12-16-27(17-13-21)41(39,40)36(26-15-14-22(2)29(33)18-26)20-30(37)35(19-24-8-4-7-11-28(24)32)23(3)31(38)34-25-9-5-6-10-25/h4,7-8,11-18,23,25H,5-6,9-10,19-20H2,1-3H3,(H,34,38). The van der Waals surface area contributed by atoms with E-state index in [1.54, 1.807) is 55.5 Å². The molecule has 1 fully saturated rings. The van der Waals surface area contributed by atoms with Crippen molar-refractivity contribution >= 4 is 50.7 Å². The maximum Gasteiger partial charge on any atom is 0.264 e. The Morgan fingerprint density at radius 2 is 1.61 bits per heavy atom. The maximum absolute atomic E-state index is 14.1. The Kier molecular flexibility index (Phi) is 10.00. The minimum atomic E-state index is -4.17. The minimum Gasteiger partial charge on any atom is -0.352 e. The highest BCUT2D eigenvalue weighted by atomic mass is 35.5. The van der Waals surface area contributed by atoms with Gasteiger partial charge < -0.3 is 10.2 Å². The number of nitrogens with zero attached hydrogens (tertiary/aromatic N) is 2. The number of amides is 2. The van der Waals surface area contributed by atoms with Crippen LogP contribution in [0.4, 0.5) is 5.69 Å². The second kappa shape index (κ2) is 13.3. The molecule has 0 saturated heterocycles. The van der Waals surface area contributed by atoms with Crippen molar-refractivity contribution in [2.75, 3.05) is 10.8 Å². The van der Waals surface area contributed by atoms with Gasteiger partial charge in [0.15, 0.2) is 0 Å². The van der Waals surface area contributed by atoms with Gasteiger partial charge in [-0.05, 0) is 75.1 Å². The molecule has 10 heteroatoms. The molecule has 0 bridgehead atoms. The van der Waals surface area contributed by atoms with Crippen molar-refractivity contribution in [2.24, 2.45) is 0 Å². The van der Waals surface area contributed by atoms with Crippen LogP contribution in [0.25, 0.3) is 0 Å². The number of benzene rings is 3. The van der Waals surface area contributed by atoms with Crippen molar-refractivity contribution in [3.8, 4) is 0 Å². The van der Waals surface area contributed by atoms with Crippen LogP contribution in [0.2, 0.25) is 10.0 Å². The smallest absolute Gasteiger partial charge is 0.264 e. The van der Waals surface area contributed by atoms with Crippen molar-refractivity contribution in [3.05, 3.63) is 93.5 Å². The fourth-order valence-corrected chi connectivity index (χ4v) is 6.66. The van der Waals surface area contributed by atoms with Gasteiger partial charge in [0.05, 0.1) is 10.6 Å². The largest absolute Gasteiger partial charge is 0.352 e. The van der Waals surface area contributed by atoms with Gasteiger partial charge in [0.1, 0.15) is 12.6 Å². The molecule has 1 N–H and O–H groups in total. The van der Waals surface area contributed by atoms with Crippen LogP contribution in [0, 0.1) is 13.8 Å². The molecule has 41 heavy (non-hydrogen) atoms. The number of aryl methyl sites for hydroxylation is 2. The highest BCUT2D eigenvalue weighted by molar-refractivity contribution is 7.92. The normalized spacial score (nSPS) is 14.5. The van der Waals surface area contributed by atoms with Crippen LogP contribution in [-0.4, -0.2) is 43.8 Å². The number of carbonyl (C=O) groups excluding carboxylic acids is 2. The lowest BCUT2D eigenvalue weighted by Crippen LogP contribution is -2.52. The SMILES string of the molecule is Cc1ccc(S(=O)(=O)N(CC(=O)N(Cc2ccccc2Cl)C(C)C(=O)NC2CCCC2)c2ccc(C)c(Cl)c2)cc1. The molecule has 1 atom stereocenters. The molecular formula is C31H35Cl2N3O4S. The summed E-state index contributed by atoms with van der Waals surface area (Å²) in [7, 11) is -4.17. The zero-order valence-electron chi connectivity index (χ0n) is 23.4. The molecule has 3 aromatic carbocycles. The fraction of sp³-hybridized carbons (Fsp3) is 0.355. The first-order valence-corrected chi connectivity index (χ1v) is 15.9. The minimum absolute atomic E-state index is 0.0326. The zero-order chi connectivity index (χ0) is 29.7. The number of anilines is 1. The van der Waals surface area contributed by atoms with Crippen molar-refractivity contribution in [3.63, 3.8) is 0 Å². The third kappa shape index (κ3) is 7.42. The first kappa shape index (κ1) is 30.9. The Hall–Kier alpha value is -3.07. The molecule has 1 saturated carbocycles. The van der Waals surface area contributed by atoms with Crippen LogP contribution in [0.5, 0.6) is 0 Å². The Labute approximate surface area is 252 Å². The molecule has 218 valence electrons. The van der Waals surface area contributed by atoms with E-state index < -0.39 is 28.5 Å². The second-order valence-corrected chi connectivity index (χ2v) is 13.2. The van der Waals surface area contributed by atoms with Gasteiger partial charge in [-0.2, -0.15) is 0 Å². The van der Waals surface area contributed by atoms with Gasteiger partial charge in [-0.25, -0.2) is 8.42 Å². The summed E-state index contributed by atoms with van der Waals surface area (Å²) in [5.41, 5.74) is 2.56. The second-order valence-electron chi connectivity index (χ2n) is 10.5. The summed E-state index contributed by atoms with van der Waals surface area (Å²) < 4.78 is 29.0. The lowest BCUT2D eigenvalue weighted by Gasteiger charge is -2.32. The van der Waals surface area contributed by atoms with E-state index >= 15 is 0 Å². The summed E-state index contributed by atoms with van der Waals surface area (Å²) in [6.45, 7) is 4.82. The Morgan fingerprint density at radius 1 is 0.951 bits per heavy atom. The van der Waals surface area contributed by atoms with Crippen LogP contribution in [0.15, 0.2) is 71.6 Å². The lowest BCUT2D eigenvalue weighted by atomic mass is 10.1. The molecule has 4 rings (SSSR count). The number of nitrogens with one attached hydrogen (secondary N) is 1. The average molecular weight is 617 g/mol. The van der Waals surface area contributed by atoms with E-state index in [0.717, 1.165) is 41.1 Å². The molecule has 7 nitrogen and oxygen atoms in total. The summed E-state index contributed by atoms with van der Waals surface area (Å²) in [6.07, 6.45) is 3.89. The summed E-state index contributed by atoms with van der Waals surface area (Å²) in [4.78, 5) is 28.8. The first-order valence-electron chi connectivity index (χ1n) is 13.7. The van der Waals surface area contributed by atoms with E-state index in [4.69, 9.17) is 23.2 Å². The van der Waals surface area contributed by atoms with E-state index in [1.165, 1.54) is 23.1 Å². The Bertz CT molecular complexity index is 1510. The molecule has 0 spiro atoms. The van der Waals surface area contributed by atoms with Crippen LogP contribution in [0.3, 0.4) is 0 Å². The molecule has 0 aromatic heterocycles. The quantitative estimate of drug-likeness (QED) is 0.291. The lowest BCUT2D eigenvalue weighted by molar-refractivity contribution is -0.139. The number of halogens is 2. The number of hydrogen-bond acceptors (Lipinski definition) is 4. The van der Waals surface area contributed by atoms with Gasteiger partial charge in [0.2, 0.25) is 11.8 Å². The molecular weight excluding hydrogens is 581 g/mol. The highest BCUT2D eigenvalue weighted by Crippen LogP contribution is 2.29. The average Bonchev–Trinajstić information content (AvgIpc) is 3.45. The number of sulfonamides is 1. The summed E-state index contributed by atoms with van der Waals surface area (Å²) in [6, 6.07) is 17.6. The first-order chi connectivity index (χ1) is 19.5. The van der Waals surface area contributed by atoms with Gasteiger partial charge >= 0.3 is 0 Å². The van der Waals surface area contributed by atoms with Gasteiger partial charge in [-0.15, -0.1) is 0 Å². The fourth-order valence-electron chi connectivity index (χ4n) is 4.89. The van der Waals surface area contributed by atoms with E-state index in [0.29, 0.717) is 15.6 Å². The maximum atomic E-state index is 14.1. The van der Waals surface area contributed by atoms with Crippen LogP contribution in [0.1, 0.15) is 49.3 Å². The van der Waals surface area contributed by atoms with Crippen molar-refractivity contribution in [1.29, 1.82) is 0 Å². The van der Waals surface area contributed by atoms with Gasteiger partial charge in [0, 0.05) is 22.6 Å². The van der Waals surface area contributed by atoms with Crippen LogP contribution < -0.4 is 9.62 Å². The topological polar surface area (TPSA) is 86.8 Å². The summed E-state index contributed by atoms with van der Waals surface area (Å²) >= 11 is 12.8. The monoisotopic (exact) mass is 615 g/mol. The summed E-state index contributed by atoms with van der Waals surface area (Å²) in [5, 5.41) is 3.88. The molecule has 2 amide bonds. The van der Waals surface area contributed by atoms with Crippen LogP contribution in [-0.2, 0) is 26.2 Å². The van der Waals surface area contributed by atoms with E-state index in [1.807, 2.05) is 13.8 Å². The van der Waals surface area contributed by atoms with Gasteiger partial charge in [0.25, 0.3) is 10.0 Å². The van der Waals surface area contributed by atoms with E-state index in [2.05, 4.69) is 5.32 Å². The molecule has 3 aromatic rings. The Morgan fingerprint density at radius 3 is 2.24 bits per heavy atom. The zero-order valence-corrected chi connectivity index (χ0v) is 25.8. The van der Waals surface area contributed by atoms with E-state index in [9.17, 15) is 18.0 Å². The summed E-state index contributed by atoms with van der Waals surface area (Å²) in [5.74, 6) is -0.838. The van der Waals surface area contributed by atoms with Crippen molar-refractivity contribution in [2.45, 2.75) is 70.0 Å². The molecule has 0 aliphatic heterocycles. The number of rotatable bonds is 10. The van der Waals surface area contributed by atoms with Crippen molar-refractivity contribution in [1.82, 2.24) is 10.2 Å². The van der Waals surface area contributed by atoms with Gasteiger partial charge in [-0.1, -0.05) is 78.0 Å².